The number of carbonyl (C=O) groups is 1. The molecule has 2 N–H and O–H groups in total. The van der Waals surface area contributed by atoms with Gasteiger partial charge in [-0.1, -0.05) is 25.1 Å². The SMILES string of the molecule is CCc1cccc(C)c1NC(=O)/C(C#N)=C\NCCCl. The number of halogens is 1. The standard InChI is InChI=1S/C15H18ClN3O/c1-3-12-6-4-5-11(2)14(12)19-15(20)13(9-17)10-18-8-7-16/h4-6,10,18H,3,7-8H2,1-2H3,(H,19,20)/b13-10-. The highest BCUT2D eigenvalue weighted by Gasteiger charge is 2.12. The van der Waals surface area contributed by atoms with Crippen LogP contribution in [0.5, 0.6) is 0 Å². The van der Waals surface area contributed by atoms with E-state index in [1.54, 1.807) is 0 Å². The average Bonchev–Trinajstić information content (AvgIpc) is 2.45. The molecule has 20 heavy (non-hydrogen) atoms. The number of alkyl halides is 1. The molecule has 0 bridgehead atoms. The monoisotopic (exact) mass is 291 g/mol. The van der Waals surface area contributed by atoms with Crippen LogP contribution in [0.4, 0.5) is 5.69 Å². The predicted molar refractivity (Wildman–Crippen MR) is 81.6 cm³/mol. The molecule has 4 nitrogen and oxygen atoms in total. The van der Waals surface area contributed by atoms with Gasteiger partial charge in [0.2, 0.25) is 0 Å². The van der Waals surface area contributed by atoms with Crippen LogP contribution in [0, 0.1) is 18.3 Å². The molecule has 0 saturated heterocycles. The van der Waals surface area contributed by atoms with E-state index in [0.29, 0.717) is 12.4 Å². The van der Waals surface area contributed by atoms with Crippen molar-refractivity contribution in [2.45, 2.75) is 20.3 Å². The lowest BCUT2D eigenvalue weighted by Crippen LogP contribution is -2.19. The first kappa shape index (κ1) is 16.1. The Morgan fingerprint density at radius 3 is 2.85 bits per heavy atom. The van der Waals surface area contributed by atoms with E-state index < -0.39 is 5.91 Å². The largest absolute Gasteiger partial charge is 0.388 e. The van der Waals surface area contributed by atoms with E-state index in [4.69, 9.17) is 16.9 Å². The zero-order valence-electron chi connectivity index (χ0n) is 11.7. The van der Waals surface area contributed by atoms with Crippen molar-refractivity contribution < 1.29 is 4.79 Å². The summed E-state index contributed by atoms with van der Waals surface area (Å²) >= 11 is 5.52. The highest BCUT2D eigenvalue weighted by molar-refractivity contribution is 6.18. The summed E-state index contributed by atoms with van der Waals surface area (Å²) < 4.78 is 0. The number of hydrogen-bond donors (Lipinski definition) is 2. The number of benzene rings is 1. The fraction of sp³-hybridized carbons (Fsp3) is 0.333. The second-order valence-electron chi connectivity index (χ2n) is 4.23. The van der Waals surface area contributed by atoms with Crippen LogP contribution in [0.15, 0.2) is 30.0 Å². The second-order valence-corrected chi connectivity index (χ2v) is 4.61. The van der Waals surface area contributed by atoms with Crippen molar-refractivity contribution >= 4 is 23.2 Å². The molecule has 1 rings (SSSR count). The van der Waals surface area contributed by atoms with Crippen molar-refractivity contribution in [2.24, 2.45) is 0 Å². The van der Waals surface area contributed by atoms with Crippen molar-refractivity contribution in [1.82, 2.24) is 5.32 Å². The average molecular weight is 292 g/mol. The van der Waals surface area contributed by atoms with Gasteiger partial charge in [-0.15, -0.1) is 11.6 Å². The molecule has 0 fully saturated rings. The molecule has 1 aromatic carbocycles. The van der Waals surface area contributed by atoms with Crippen molar-refractivity contribution in [2.75, 3.05) is 17.7 Å². The van der Waals surface area contributed by atoms with Crippen LogP contribution in [-0.4, -0.2) is 18.3 Å². The fourth-order valence-corrected chi connectivity index (χ4v) is 1.87. The molecule has 1 aromatic rings. The Labute approximate surface area is 124 Å². The van der Waals surface area contributed by atoms with Crippen LogP contribution in [-0.2, 0) is 11.2 Å². The van der Waals surface area contributed by atoms with Gasteiger partial charge < -0.3 is 10.6 Å². The maximum Gasteiger partial charge on any atom is 0.267 e. The number of rotatable bonds is 6. The van der Waals surface area contributed by atoms with E-state index in [1.165, 1.54) is 6.20 Å². The van der Waals surface area contributed by atoms with Gasteiger partial charge in [0, 0.05) is 24.3 Å². The minimum absolute atomic E-state index is 0.0282. The number of nitrogens with zero attached hydrogens (tertiary/aromatic N) is 1. The van der Waals surface area contributed by atoms with E-state index in [0.717, 1.165) is 23.2 Å². The summed E-state index contributed by atoms with van der Waals surface area (Å²) in [6.07, 6.45) is 2.20. The van der Waals surface area contributed by atoms with Crippen LogP contribution in [0.2, 0.25) is 0 Å². The normalized spacial score (nSPS) is 10.8. The number of hydrogen-bond acceptors (Lipinski definition) is 3. The summed E-state index contributed by atoms with van der Waals surface area (Å²) in [6, 6.07) is 7.72. The highest BCUT2D eigenvalue weighted by Crippen LogP contribution is 2.21. The van der Waals surface area contributed by atoms with Crippen LogP contribution >= 0.6 is 11.6 Å². The van der Waals surface area contributed by atoms with Crippen molar-refractivity contribution in [3.05, 3.63) is 41.1 Å². The first-order chi connectivity index (χ1) is 9.63. The smallest absolute Gasteiger partial charge is 0.267 e. The van der Waals surface area contributed by atoms with Crippen molar-refractivity contribution in [3.8, 4) is 6.07 Å². The Balaban J connectivity index is 2.90. The van der Waals surface area contributed by atoms with Gasteiger partial charge in [0.1, 0.15) is 11.6 Å². The van der Waals surface area contributed by atoms with E-state index in [2.05, 4.69) is 10.6 Å². The molecular weight excluding hydrogens is 274 g/mol. The van der Waals surface area contributed by atoms with Crippen LogP contribution in [0.3, 0.4) is 0 Å². The number of amides is 1. The summed E-state index contributed by atoms with van der Waals surface area (Å²) in [5.74, 6) is -0.00668. The fourth-order valence-electron chi connectivity index (χ4n) is 1.76. The van der Waals surface area contributed by atoms with E-state index in [-0.39, 0.29) is 5.57 Å². The van der Waals surface area contributed by atoms with Gasteiger partial charge in [-0.25, -0.2) is 0 Å². The second kappa shape index (κ2) is 8.23. The van der Waals surface area contributed by atoms with Crippen LogP contribution in [0.1, 0.15) is 18.1 Å². The lowest BCUT2D eigenvalue weighted by atomic mass is 10.1. The molecule has 0 heterocycles. The lowest BCUT2D eigenvalue weighted by molar-refractivity contribution is -0.112. The first-order valence-corrected chi connectivity index (χ1v) is 6.97. The number of anilines is 1. The van der Waals surface area contributed by atoms with Gasteiger partial charge in [0.05, 0.1) is 0 Å². The number of nitriles is 1. The summed E-state index contributed by atoms with van der Waals surface area (Å²) in [7, 11) is 0. The van der Waals surface area contributed by atoms with Crippen molar-refractivity contribution in [1.29, 1.82) is 5.26 Å². The Morgan fingerprint density at radius 2 is 2.25 bits per heavy atom. The molecule has 5 heteroatoms. The third-order valence-electron chi connectivity index (χ3n) is 2.83. The van der Waals surface area contributed by atoms with Gasteiger partial charge in [0.25, 0.3) is 5.91 Å². The van der Waals surface area contributed by atoms with Gasteiger partial charge in [-0.05, 0) is 24.5 Å². The van der Waals surface area contributed by atoms with Gasteiger partial charge in [-0.2, -0.15) is 5.26 Å². The molecule has 1 amide bonds. The third-order valence-corrected chi connectivity index (χ3v) is 3.02. The predicted octanol–water partition coefficient (Wildman–Crippen LogP) is 2.73. The van der Waals surface area contributed by atoms with E-state index >= 15 is 0 Å². The minimum atomic E-state index is -0.418. The third kappa shape index (κ3) is 4.29. The van der Waals surface area contributed by atoms with Gasteiger partial charge in [0.15, 0.2) is 0 Å². The molecule has 0 aliphatic rings. The molecule has 0 atom stereocenters. The number of para-hydroxylation sites is 1. The van der Waals surface area contributed by atoms with Gasteiger partial charge in [-0.3, -0.25) is 4.79 Å². The number of aryl methyl sites for hydroxylation is 2. The van der Waals surface area contributed by atoms with Crippen LogP contribution < -0.4 is 10.6 Å². The molecule has 0 spiro atoms. The number of carbonyl (C=O) groups excluding carboxylic acids is 1. The first-order valence-electron chi connectivity index (χ1n) is 6.43. The molecule has 0 aromatic heterocycles. The molecule has 0 saturated carbocycles. The highest BCUT2D eigenvalue weighted by atomic mass is 35.5. The summed E-state index contributed by atoms with van der Waals surface area (Å²) in [5.41, 5.74) is 2.83. The molecular formula is C15H18ClN3O. The maximum atomic E-state index is 12.1. The molecule has 0 aliphatic carbocycles. The summed E-state index contributed by atoms with van der Waals surface area (Å²) in [6.45, 7) is 4.45. The minimum Gasteiger partial charge on any atom is -0.388 e. The molecule has 0 unspecified atom stereocenters. The maximum absolute atomic E-state index is 12.1. The van der Waals surface area contributed by atoms with Crippen molar-refractivity contribution in [3.63, 3.8) is 0 Å². The summed E-state index contributed by atoms with van der Waals surface area (Å²) in [4.78, 5) is 12.1. The zero-order chi connectivity index (χ0) is 15.0. The van der Waals surface area contributed by atoms with E-state index in [1.807, 2.05) is 38.1 Å². The molecule has 106 valence electrons. The zero-order valence-corrected chi connectivity index (χ0v) is 12.4. The molecule has 0 aliphatic heterocycles. The Hall–Kier alpha value is -1.99. The number of nitrogens with one attached hydrogen (secondary N) is 2. The Morgan fingerprint density at radius 1 is 1.50 bits per heavy atom. The topological polar surface area (TPSA) is 64.9 Å². The van der Waals surface area contributed by atoms with Gasteiger partial charge >= 0.3 is 0 Å². The van der Waals surface area contributed by atoms with Crippen LogP contribution in [0.25, 0.3) is 0 Å². The Kier molecular flexibility index (Phi) is 6.61. The molecule has 0 radical (unpaired) electrons. The van der Waals surface area contributed by atoms with E-state index in [9.17, 15) is 4.79 Å². The lowest BCUT2D eigenvalue weighted by Gasteiger charge is -2.12. The summed E-state index contributed by atoms with van der Waals surface area (Å²) in [5, 5.41) is 14.6. The Bertz CT molecular complexity index is 547. The quantitative estimate of drug-likeness (QED) is 0.367.